The highest BCUT2D eigenvalue weighted by atomic mass is 79.9. The van der Waals surface area contributed by atoms with Crippen molar-refractivity contribution in [3.05, 3.63) is 42.2 Å². The molecule has 1 atom stereocenters. The quantitative estimate of drug-likeness (QED) is 0.578. The minimum absolute atomic E-state index is 0.152. The minimum atomic E-state index is 0.152. The molecule has 0 saturated carbocycles. The fourth-order valence-electron chi connectivity index (χ4n) is 1.53. The van der Waals surface area contributed by atoms with Crippen molar-refractivity contribution >= 4 is 61.8 Å². The molecule has 2 aromatic heterocycles. The van der Waals surface area contributed by atoms with Gasteiger partial charge in [0.05, 0.1) is 13.5 Å². The summed E-state index contributed by atoms with van der Waals surface area (Å²) in [5.74, 6) is 0. The Morgan fingerprint density at radius 2 is 2.19 bits per heavy atom. The van der Waals surface area contributed by atoms with Gasteiger partial charge >= 0.3 is 0 Å². The van der Waals surface area contributed by atoms with E-state index in [1.807, 2.05) is 6.07 Å². The maximum absolute atomic E-state index is 6.16. The van der Waals surface area contributed by atoms with Crippen LogP contribution in [0, 0.1) is 0 Å². The highest BCUT2D eigenvalue weighted by Gasteiger charge is 2.19. The predicted molar refractivity (Wildman–Crippen MR) is 78.8 cm³/mol. The van der Waals surface area contributed by atoms with Crippen LogP contribution in [-0.2, 0) is 6.42 Å². The Morgan fingerprint density at radius 3 is 2.75 bits per heavy atom. The Hall–Kier alpha value is 0.460. The predicted octanol–water partition coefficient (Wildman–Crippen LogP) is 6.16. The van der Waals surface area contributed by atoms with Crippen molar-refractivity contribution in [1.29, 1.82) is 0 Å². The molecule has 2 aromatic rings. The molecule has 0 bridgehead atoms. The number of alkyl halides is 1. The summed E-state index contributed by atoms with van der Waals surface area (Å²) < 4.78 is 1.50. The first-order valence-electron chi connectivity index (χ1n) is 4.78. The van der Waals surface area contributed by atoms with Gasteiger partial charge in [-0.25, -0.2) is 0 Å². The van der Waals surface area contributed by atoms with Gasteiger partial charge in [-0.1, -0.05) is 46.1 Å². The zero-order valence-electron chi connectivity index (χ0n) is 8.47. The Morgan fingerprint density at radius 1 is 1.44 bits per heavy atom. The van der Waals surface area contributed by atoms with Crippen LogP contribution in [-0.4, -0.2) is 0 Å². The molecule has 16 heavy (non-hydrogen) atoms. The van der Waals surface area contributed by atoms with Gasteiger partial charge in [-0.3, -0.25) is 0 Å². The van der Waals surface area contributed by atoms with Crippen LogP contribution in [0.4, 0.5) is 0 Å². The lowest BCUT2D eigenvalue weighted by Gasteiger charge is -2.09. The molecule has 0 aliphatic carbocycles. The van der Waals surface area contributed by atoms with Crippen molar-refractivity contribution in [2.75, 3.05) is 0 Å². The molecular weight excluding hydrogens is 347 g/mol. The SMILES string of the molecule is CCc1ccsc1C(Br)c1cc(Cl)sc1Cl. The zero-order chi connectivity index (χ0) is 11.7. The summed E-state index contributed by atoms with van der Waals surface area (Å²) >= 11 is 19.0. The van der Waals surface area contributed by atoms with E-state index in [1.54, 1.807) is 11.3 Å². The monoisotopic (exact) mass is 354 g/mol. The first-order chi connectivity index (χ1) is 7.63. The van der Waals surface area contributed by atoms with E-state index >= 15 is 0 Å². The zero-order valence-corrected chi connectivity index (χ0v) is 13.2. The van der Waals surface area contributed by atoms with Gasteiger partial charge in [0.2, 0.25) is 0 Å². The third kappa shape index (κ3) is 2.49. The molecule has 2 heterocycles. The Bertz CT molecular complexity index is 490. The van der Waals surface area contributed by atoms with Crippen molar-refractivity contribution in [3.8, 4) is 0 Å². The largest absolute Gasteiger partial charge is 0.147 e. The number of hydrogen-bond donors (Lipinski definition) is 0. The Labute approximate surface area is 121 Å². The number of rotatable bonds is 3. The van der Waals surface area contributed by atoms with E-state index < -0.39 is 0 Å². The molecule has 0 aliphatic rings. The molecule has 1 unspecified atom stereocenters. The van der Waals surface area contributed by atoms with Crippen LogP contribution in [0.2, 0.25) is 8.67 Å². The molecular formula is C11H9BrCl2S2. The second kappa shape index (κ2) is 5.40. The van der Waals surface area contributed by atoms with Gasteiger partial charge < -0.3 is 0 Å². The van der Waals surface area contributed by atoms with Crippen molar-refractivity contribution in [2.24, 2.45) is 0 Å². The molecule has 0 saturated heterocycles. The van der Waals surface area contributed by atoms with Crippen molar-refractivity contribution in [3.63, 3.8) is 0 Å². The molecule has 0 radical (unpaired) electrons. The summed E-state index contributed by atoms with van der Waals surface area (Å²) in [4.78, 5) is 1.47. The fraction of sp³-hybridized carbons (Fsp3) is 0.273. The highest BCUT2D eigenvalue weighted by molar-refractivity contribution is 9.09. The van der Waals surface area contributed by atoms with E-state index in [-0.39, 0.29) is 4.83 Å². The lowest BCUT2D eigenvalue weighted by Crippen LogP contribution is -1.92. The van der Waals surface area contributed by atoms with Gasteiger partial charge in [0.15, 0.2) is 0 Å². The van der Waals surface area contributed by atoms with Crippen molar-refractivity contribution in [2.45, 2.75) is 18.2 Å². The van der Waals surface area contributed by atoms with Gasteiger partial charge in [-0.05, 0) is 29.5 Å². The molecule has 5 heteroatoms. The van der Waals surface area contributed by atoms with E-state index in [9.17, 15) is 0 Å². The summed E-state index contributed by atoms with van der Waals surface area (Å²) in [7, 11) is 0. The van der Waals surface area contributed by atoms with Crippen LogP contribution in [0.25, 0.3) is 0 Å². The minimum Gasteiger partial charge on any atom is -0.147 e. The van der Waals surface area contributed by atoms with Crippen LogP contribution in [0.1, 0.15) is 27.8 Å². The maximum atomic E-state index is 6.16. The smallest absolute Gasteiger partial charge is 0.0991 e. The number of thiophene rings is 2. The van der Waals surface area contributed by atoms with Gasteiger partial charge in [-0.15, -0.1) is 22.7 Å². The lowest BCUT2D eigenvalue weighted by molar-refractivity contribution is 1.09. The molecule has 0 spiro atoms. The Kier molecular flexibility index (Phi) is 4.36. The summed E-state index contributed by atoms with van der Waals surface area (Å²) in [6, 6.07) is 4.10. The van der Waals surface area contributed by atoms with Crippen LogP contribution in [0.3, 0.4) is 0 Å². The first kappa shape index (κ1) is 12.9. The highest BCUT2D eigenvalue weighted by Crippen LogP contribution is 2.44. The lowest BCUT2D eigenvalue weighted by atomic mass is 10.1. The summed E-state index contributed by atoms with van der Waals surface area (Å²) in [6.45, 7) is 2.16. The number of aryl methyl sites for hydroxylation is 1. The molecule has 0 nitrogen and oxygen atoms in total. The number of hydrogen-bond acceptors (Lipinski definition) is 2. The van der Waals surface area contributed by atoms with Gasteiger partial charge in [0.1, 0.15) is 0 Å². The van der Waals surface area contributed by atoms with Crippen molar-refractivity contribution in [1.82, 2.24) is 0 Å². The number of halogens is 3. The Balaban J connectivity index is 2.38. The van der Waals surface area contributed by atoms with E-state index in [0.29, 0.717) is 0 Å². The summed E-state index contributed by atoms with van der Waals surface area (Å²) in [5.41, 5.74) is 2.43. The van der Waals surface area contributed by atoms with E-state index in [1.165, 1.54) is 21.8 Å². The van der Waals surface area contributed by atoms with Crippen LogP contribution in [0.5, 0.6) is 0 Å². The summed E-state index contributed by atoms with van der Waals surface area (Å²) in [5, 5.41) is 2.12. The first-order valence-corrected chi connectivity index (χ1v) is 8.15. The van der Waals surface area contributed by atoms with E-state index in [2.05, 4.69) is 34.3 Å². The standard InChI is InChI=1S/C11H9BrCl2S2/c1-2-6-3-4-15-10(6)9(12)7-5-8(13)16-11(7)14/h3-5,9H,2H2,1H3. The van der Waals surface area contributed by atoms with Crippen molar-refractivity contribution < 1.29 is 0 Å². The molecule has 0 aromatic carbocycles. The van der Waals surface area contributed by atoms with Crippen LogP contribution < -0.4 is 0 Å². The third-order valence-corrected chi connectivity index (χ3v) is 6.14. The molecule has 0 fully saturated rings. The fourth-order valence-corrected chi connectivity index (χ4v) is 5.31. The van der Waals surface area contributed by atoms with Crippen LogP contribution >= 0.6 is 61.8 Å². The average Bonchev–Trinajstić information content (AvgIpc) is 2.83. The van der Waals surface area contributed by atoms with E-state index in [4.69, 9.17) is 23.2 Å². The van der Waals surface area contributed by atoms with Crippen LogP contribution in [0.15, 0.2) is 17.5 Å². The van der Waals surface area contributed by atoms with Gasteiger partial charge in [0, 0.05) is 10.4 Å². The molecule has 0 N–H and O–H groups in total. The van der Waals surface area contributed by atoms with Gasteiger partial charge in [0.25, 0.3) is 0 Å². The van der Waals surface area contributed by atoms with E-state index in [0.717, 1.165) is 20.7 Å². The van der Waals surface area contributed by atoms with Gasteiger partial charge in [-0.2, -0.15) is 0 Å². The maximum Gasteiger partial charge on any atom is 0.0991 e. The second-order valence-corrected chi connectivity index (χ2v) is 7.45. The molecule has 0 aliphatic heterocycles. The topological polar surface area (TPSA) is 0 Å². The molecule has 2 rings (SSSR count). The average molecular weight is 356 g/mol. The second-order valence-electron chi connectivity index (χ2n) is 3.31. The molecule has 0 amide bonds. The molecule has 86 valence electrons. The summed E-state index contributed by atoms with van der Waals surface area (Å²) in [6.07, 6.45) is 1.04. The normalized spacial score (nSPS) is 13.0. The third-order valence-electron chi connectivity index (χ3n) is 2.35.